The summed E-state index contributed by atoms with van der Waals surface area (Å²) < 4.78 is 2.02. The molecule has 0 atom stereocenters. The van der Waals surface area contributed by atoms with Crippen LogP contribution in [0.1, 0.15) is 42.3 Å². The Balaban J connectivity index is 1.67. The highest BCUT2D eigenvalue weighted by molar-refractivity contribution is 7.99. The first-order valence-corrected chi connectivity index (χ1v) is 12.1. The molecule has 0 saturated heterocycles. The fraction of sp³-hybridized carbons (Fsp3) is 0.222. The fourth-order valence-electron chi connectivity index (χ4n) is 3.45. The summed E-state index contributed by atoms with van der Waals surface area (Å²) in [6.45, 7) is 8.65. The van der Waals surface area contributed by atoms with Crippen molar-refractivity contribution in [2.24, 2.45) is 0 Å². The number of rotatable bonds is 6. The lowest BCUT2D eigenvalue weighted by Crippen LogP contribution is -2.10. The molecule has 4 rings (SSSR count). The van der Waals surface area contributed by atoms with Gasteiger partial charge in [-0.05, 0) is 54.3 Å². The highest BCUT2D eigenvalue weighted by Gasteiger charge is 2.19. The lowest BCUT2D eigenvalue weighted by atomic mass is 9.87. The van der Waals surface area contributed by atoms with E-state index in [1.165, 1.54) is 22.9 Å². The monoisotopic (exact) mass is 475 g/mol. The van der Waals surface area contributed by atoms with Gasteiger partial charge in [0.05, 0.1) is 5.75 Å². The van der Waals surface area contributed by atoms with Crippen LogP contribution in [0, 0.1) is 6.92 Å². The second-order valence-corrected chi connectivity index (χ2v) is 10.4. The molecule has 3 aromatic carbocycles. The molecule has 33 heavy (non-hydrogen) atoms. The Morgan fingerprint density at radius 2 is 1.55 bits per heavy atom. The molecule has 0 aliphatic carbocycles. The number of carbonyl (C=O) groups excluding carboxylic acids is 1. The van der Waals surface area contributed by atoms with Crippen molar-refractivity contribution in [2.75, 3.05) is 5.75 Å². The van der Waals surface area contributed by atoms with Crippen LogP contribution in [-0.4, -0.2) is 26.3 Å². The molecule has 0 fully saturated rings. The quantitative estimate of drug-likeness (QED) is 0.219. The van der Waals surface area contributed by atoms with E-state index in [9.17, 15) is 4.79 Å². The maximum Gasteiger partial charge on any atom is 0.196 e. The zero-order chi connectivity index (χ0) is 23.6. The molecule has 0 saturated carbocycles. The molecule has 0 N–H and O–H groups in total. The summed E-state index contributed by atoms with van der Waals surface area (Å²) in [5.41, 5.74) is 5.08. The minimum atomic E-state index is 0.0196. The number of nitrogens with zero attached hydrogens (tertiary/aromatic N) is 3. The highest BCUT2D eigenvalue weighted by Crippen LogP contribution is 2.30. The first-order valence-electron chi connectivity index (χ1n) is 10.8. The minimum absolute atomic E-state index is 0.0196. The molecule has 0 aliphatic rings. The maximum atomic E-state index is 12.7. The van der Waals surface area contributed by atoms with Gasteiger partial charge in [-0.1, -0.05) is 86.1 Å². The molecule has 0 bridgehead atoms. The molecule has 0 aliphatic heterocycles. The highest BCUT2D eigenvalue weighted by atomic mass is 35.5. The van der Waals surface area contributed by atoms with E-state index in [2.05, 4.69) is 86.4 Å². The summed E-state index contributed by atoms with van der Waals surface area (Å²) >= 11 is 7.33. The summed E-state index contributed by atoms with van der Waals surface area (Å²) in [7, 11) is 0. The lowest BCUT2D eigenvalue weighted by molar-refractivity contribution is 0.102. The first-order chi connectivity index (χ1) is 15.7. The third-order valence-corrected chi connectivity index (χ3v) is 6.61. The number of aryl methyl sites for hydroxylation is 1. The molecule has 1 aromatic heterocycles. The number of halogens is 1. The van der Waals surface area contributed by atoms with Gasteiger partial charge in [-0.3, -0.25) is 9.36 Å². The summed E-state index contributed by atoms with van der Waals surface area (Å²) in [6, 6.07) is 23.6. The molecule has 0 unspecified atom stereocenters. The number of ketones is 1. The Morgan fingerprint density at radius 3 is 2.15 bits per heavy atom. The molecule has 4 nitrogen and oxygen atoms in total. The summed E-state index contributed by atoms with van der Waals surface area (Å²) in [5, 5.41) is 10.2. The molecule has 0 radical (unpaired) electrons. The van der Waals surface area contributed by atoms with Crippen molar-refractivity contribution in [1.29, 1.82) is 0 Å². The van der Waals surface area contributed by atoms with Crippen molar-refractivity contribution in [3.8, 4) is 17.1 Å². The average Bonchev–Trinajstić information content (AvgIpc) is 3.22. The van der Waals surface area contributed by atoms with Crippen LogP contribution in [0.3, 0.4) is 0 Å². The van der Waals surface area contributed by atoms with E-state index in [-0.39, 0.29) is 17.0 Å². The van der Waals surface area contributed by atoms with Crippen molar-refractivity contribution in [1.82, 2.24) is 14.8 Å². The van der Waals surface area contributed by atoms with Gasteiger partial charge in [0.25, 0.3) is 0 Å². The van der Waals surface area contributed by atoms with Crippen LogP contribution in [0.2, 0.25) is 5.02 Å². The van der Waals surface area contributed by atoms with Crippen LogP contribution in [0.4, 0.5) is 0 Å². The van der Waals surface area contributed by atoms with Crippen molar-refractivity contribution in [3.05, 3.63) is 94.5 Å². The first kappa shape index (κ1) is 23.3. The van der Waals surface area contributed by atoms with Gasteiger partial charge in [0.15, 0.2) is 16.8 Å². The van der Waals surface area contributed by atoms with Crippen LogP contribution in [-0.2, 0) is 5.41 Å². The van der Waals surface area contributed by atoms with Gasteiger partial charge in [0.2, 0.25) is 0 Å². The second-order valence-electron chi connectivity index (χ2n) is 9.02. The molecule has 0 spiro atoms. The van der Waals surface area contributed by atoms with Gasteiger partial charge in [-0.2, -0.15) is 0 Å². The van der Waals surface area contributed by atoms with Gasteiger partial charge in [-0.15, -0.1) is 10.2 Å². The van der Waals surface area contributed by atoms with Crippen LogP contribution in [0.25, 0.3) is 17.1 Å². The van der Waals surface area contributed by atoms with E-state index in [0.29, 0.717) is 15.7 Å². The van der Waals surface area contributed by atoms with E-state index in [1.807, 2.05) is 4.57 Å². The molecule has 4 aromatic rings. The van der Waals surface area contributed by atoms with Crippen LogP contribution < -0.4 is 0 Å². The SMILES string of the molecule is Cc1ccc(-n2c(SCC(=O)c3ccc(Cl)cc3)nnc2-c2ccc(C(C)(C)C)cc2)cc1. The minimum Gasteiger partial charge on any atom is -0.293 e. The Hall–Kier alpha value is -2.89. The largest absolute Gasteiger partial charge is 0.293 e. The van der Waals surface area contributed by atoms with E-state index in [0.717, 1.165) is 17.1 Å². The van der Waals surface area contributed by atoms with Crippen molar-refractivity contribution in [3.63, 3.8) is 0 Å². The number of hydrogen-bond acceptors (Lipinski definition) is 4. The summed E-state index contributed by atoms with van der Waals surface area (Å²) in [4.78, 5) is 12.7. The molecule has 168 valence electrons. The molecular weight excluding hydrogens is 450 g/mol. The van der Waals surface area contributed by atoms with Gasteiger partial charge >= 0.3 is 0 Å². The normalized spacial score (nSPS) is 11.5. The molecule has 6 heteroatoms. The van der Waals surface area contributed by atoms with E-state index >= 15 is 0 Å². The zero-order valence-electron chi connectivity index (χ0n) is 19.2. The van der Waals surface area contributed by atoms with Crippen molar-refractivity contribution >= 4 is 29.1 Å². The Kier molecular flexibility index (Phi) is 6.73. The Bertz CT molecular complexity index is 1250. The van der Waals surface area contributed by atoms with Crippen LogP contribution >= 0.6 is 23.4 Å². The maximum absolute atomic E-state index is 12.7. The number of Topliss-reactive ketones (excluding diaryl/α,β-unsaturated/α-hetero) is 1. The third kappa shape index (κ3) is 5.37. The van der Waals surface area contributed by atoms with Gasteiger partial charge in [0.1, 0.15) is 0 Å². The predicted molar refractivity (Wildman–Crippen MR) is 137 cm³/mol. The molecule has 0 amide bonds. The number of carbonyl (C=O) groups is 1. The van der Waals surface area contributed by atoms with Crippen LogP contribution in [0.5, 0.6) is 0 Å². The smallest absolute Gasteiger partial charge is 0.196 e. The number of hydrogen-bond donors (Lipinski definition) is 0. The average molecular weight is 476 g/mol. The number of benzene rings is 3. The number of thioether (sulfide) groups is 1. The van der Waals surface area contributed by atoms with E-state index < -0.39 is 0 Å². The van der Waals surface area contributed by atoms with E-state index in [1.54, 1.807) is 24.3 Å². The molecular formula is C27H26ClN3OS. The predicted octanol–water partition coefficient (Wildman–Crippen LogP) is 7.17. The Labute approximate surface area is 204 Å². The zero-order valence-corrected chi connectivity index (χ0v) is 20.7. The fourth-order valence-corrected chi connectivity index (χ4v) is 4.42. The van der Waals surface area contributed by atoms with Gasteiger partial charge < -0.3 is 0 Å². The van der Waals surface area contributed by atoms with Gasteiger partial charge in [-0.25, -0.2) is 0 Å². The van der Waals surface area contributed by atoms with Crippen LogP contribution in [0.15, 0.2) is 78.0 Å². The van der Waals surface area contributed by atoms with Gasteiger partial charge in [0, 0.05) is 21.8 Å². The van der Waals surface area contributed by atoms with Crippen molar-refractivity contribution in [2.45, 2.75) is 38.3 Å². The topological polar surface area (TPSA) is 47.8 Å². The molecule has 1 heterocycles. The van der Waals surface area contributed by atoms with E-state index in [4.69, 9.17) is 11.6 Å². The third-order valence-electron chi connectivity index (χ3n) is 5.43. The van der Waals surface area contributed by atoms with Crippen molar-refractivity contribution < 1.29 is 4.79 Å². The summed E-state index contributed by atoms with van der Waals surface area (Å²) in [6.07, 6.45) is 0. The lowest BCUT2D eigenvalue weighted by Gasteiger charge is -2.19. The second kappa shape index (κ2) is 9.54. The Morgan fingerprint density at radius 1 is 0.909 bits per heavy atom. The summed E-state index contributed by atoms with van der Waals surface area (Å²) in [5.74, 6) is 1.03. The standard InChI is InChI=1S/C27H26ClN3OS/c1-18-5-15-23(16-6-18)31-25(20-7-11-21(12-8-20)27(2,3)4)29-30-26(31)33-17-24(32)19-9-13-22(28)14-10-19/h5-16H,17H2,1-4H3. The number of aromatic nitrogens is 3.